The van der Waals surface area contributed by atoms with Gasteiger partial charge in [0.1, 0.15) is 5.76 Å². The van der Waals surface area contributed by atoms with E-state index in [2.05, 4.69) is 32.9 Å². The molecule has 5 heteroatoms. The lowest BCUT2D eigenvalue weighted by Crippen LogP contribution is -2.23. The lowest BCUT2D eigenvalue weighted by molar-refractivity contribution is 0.0562. The second-order valence-electron chi connectivity index (χ2n) is 4.60. The minimum absolute atomic E-state index is 0.112. The molecule has 0 amide bonds. The fraction of sp³-hybridized carbons (Fsp3) is 0.312. The fourth-order valence-corrected chi connectivity index (χ4v) is 2.59. The highest BCUT2D eigenvalue weighted by atomic mass is 79.9. The first-order valence-corrected chi connectivity index (χ1v) is 7.62. The van der Waals surface area contributed by atoms with E-state index in [1.807, 2.05) is 24.3 Å². The third-order valence-corrected chi connectivity index (χ3v) is 3.83. The van der Waals surface area contributed by atoms with Crippen molar-refractivity contribution in [3.63, 3.8) is 0 Å². The molecule has 0 aliphatic heterocycles. The van der Waals surface area contributed by atoms with E-state index < -0.39 is 5.97 Å². The zero-order chi connectivity index (χ0) is 15.2. The third kappa shape index (κ3) is 3.74. The van der Waals surface area contributed by atoms with Gasteiger partial charge in [0.2, 0.25) is 5.76 Å². The maximum Gasteiger partial charge on any atom is 0.373 e. The molecular weight excluding hydrogens is 334 g/mol. The van der Waals surface area contributed by atoms with Gasteiger partial charge >= 0.3 is 5.97 Å². The first kappa shape index (κ1) is 15.8. The molecule has 0 spiro atoms. The van der Waals surface area contributed by atoms with E-state index in [-0.39, 0.29) is 11.8 Å². The minimum atomic E-state index is -0.470. The van der Waals surface area contributed by atoms with Gasteiger partial charge in [0.15, 0.2) is 0 Å². The van der Waals surface area contributed by atoms with Crippen LogP contribution in [0.1, 0.15) is 41.3 Å². The van der Waals surface area contributed by atoms with Gasteiger partial charge in [0.25, 0.3) is 0 Å². The van der Waals surface area contributed by atoms with Gasteiger partial charge in [-0.1, -0.05) is 41.1 Å². The largest absolute Gasteiger partial charge is 0.463 e. The number of benzene rings is 1. The van der Waals surface area contributed by atoms with E-state index in [4.69, 9.17) is 4.42 Å². The highest BCUT2D eigenvalue weighted by Crippen LogP contribution is 2.29. The Kier molecular flexibility index (Phi) is 5.59. The van der Waals surface area contributed by atoms with E-state index in [0.29, 0.717) is 5.76 Å². The summed E-state index contributed by atoms with van der Waals surface area (Å²) >= 11 is 3.56. The number of methoxy groups -OCH3 is 1. The average Bonchev–Trinajstić information content (AvgIpc) is 2.98. The second kappa shape index (κ2) is 7.43. The van der Waals surface area contributed by atoms with Crippen LogP contribution in [0.2, 0.25) is 0 Å². The van der Waals surface area contributed by atoms with Crippen molar-refractivity contribution in [2.75, 3.05) is 13.7 Å². The van der Waals surface area contributed by atoms with Crippen molar-refractivity contribution < 1.29 is 13.9 Å². The van der Waals surface area contributed by atoms with Crippen LogP contribution in [0.4, 0.5) is 0 Å². The molecule has 21 heavy (non-hydrogen) atoms. The van der Waals surface area contributed by atoms with Gasteiger partial charge in [-0.25, -0.2) is 4.79 Å². The van der Waals surface area contributed by atoms with E-state index in [9.17, 15) is 4.79 Å². The van der Waals surface area contributed by atoms with Gasteiger partial charge in [-0.3, -0.25) is 0 Å². The summed E-state index contributed by atoms with van der Waals surface area (Å²) < 4.78 is 11.3. The van der Waals surface area contributed by atoms with Gasteiger partial charge in [-0.15, -0.1) is 0 Å². The van der Waals surface area contributed by atoms with Crippen LogP contribution in [-0.4, -0.2) is 19.6 Å². The molecular formula is C16H18BrNO3. The SMILES string of the molecule is CCCNC(c1ccc(C(=O)OC)o1)c1ccccc1Br. The van der Waals surface area contributed by atoms with E-state index in [1.54, 1.807) is 12.1 Å². The monoisotopic (exact) mass is 351 g/mol. The zero-order valence-corrected chi connectivity index (χ0v) is 13.6. The molecule has 1 heterocycles. The Bertz CT molecular complexity index is 609. The molecule has 0 saturated heterocycles. The Balaban J connectivity index is 2.34. The number of esters is 1. The highest BCUT2D eigenvalue weighted by Gasteiger charge is 2.21. The number of furan rings is 1. The molecule has 2 rings (SSSR count). The molecule has 0 saturated carbocycles. The van der Waals surface area contributed by atoms with Gasteiger partial charge in [-0.05, 0) is 36.7 Å². The topological polar surface area (TPSA) is 51.5 Å². The van der Waals surface area contributed by atoms with Gasteiger partial charge in [0, 0.05) is 4.47 Å². The predicted molar refractivity (Wildman–Crippen MR) is 84.3 cm³/mol. The van der Waals surface area contributed by atoms with Crippen molar-refractivity contribution in [2.45, 2.75) is 19.4 Å². The molecule has 0 radical (unpaired) electrons. The molecule has 1 atom stereocenters. The molecule has 1 aromatic heterocycles. The standard InChI is InChI=1S/C16H18BrNO3/c1-3-10-18-15(11-6-4-5-7-12(11)17)13-8-9-14(21-13)16(19)20-2/h4-9,15,18H,3,10H2,1-2H3. The molecule has 1 aromatic carbocycles. The number of hydrogen-bond donors (Lipinski definition) is 1. The number of carbonyl (C=O) groups excluding carboxylic acids is 1. The number of nitrogens with one attached hydrogen (secondary N) is 1. The van der Waals surface area contributed by atoms with Crippen molar-refractivity contribution in [1.29, 1.82) is 0 Å². The van der Waals surface area contributed by atoms with Crippen LogP contribution in [-0.2, 0) is 4.74 Å². The minimum Gasteiger partial charge on any atom is -0.463 e. The van der Waals surface area contributed by atoms with Gasteiger partial charge in [-0.2, -0.15) is 0 Å². The number of hydrogen-bond acceptors (Lipinski definition) is 4. The Hall–Kier alpha value is -1.59. The molecule has 0 aliphatic rings. The fourth-order valence-electron chi connectivity index (χ4n) is 2.08. The van der Waals surface area contributed by atoms with E-state index >= 15 is 0 Å². The van der Waals surface area contributed by atoms with Crippen LogP contribution >= 0.6 is 15.9 Å². The van der Waals surface area contributed by atoms with Crippen molar-refractivity contribution in [2.24, 2.45) is 0 Å². The first-order valence-electron chi connectivity index (χ1n) is 6.83. The van der Waals surface area contributed by atoms with Crippen molar-refractivity contribution >= 4 is 21.9 Å². The number of carbonyl (C=O) groups is 1. The Labute approximate surface area is 132 Å². The summed E-state index contributed by atoms with van der Waals surface area (Å²) in [6.07, 6.45) is 1.01. The smallest absolute Gasteiger partial charge is 0.373 e. The van der Waals surface area contributed by atoms with Crippen LogP contribution in [0.15, 0.2) is 45.3 Å². The molecule has 0 aliphatic carbocycles. The molecule has 2 aromatic rings. The zero-order valence-electron chi connectivity index (χ0n) is 12.1. The Morgan fingerprint density at radius 2 is 2.10 bits per heavy atom. The Morgan fingerprint density at radius 1 is 1.33 bits per heavy atom. The van der Waals surface area contributed by atoms with Crippen molar-refractivity contribution in [1.82, 2.24) is 5.32 Å². The molecule has 0 fully saturated rings. The normalized spacial score (nSPS) is 12.1. The quantitative estimate of drug-likeness (QED) is 0.801. The molecule has 1 N–H and O–H groups in total. The number of halogens is 1. The summed E-state index contributed by atoms with van der Waals surface area (Å²) in [5.41, 5.74) is 1.07. The van der Waals surface area contributed by atoms with Crippen LogP contribution in [0, 0.1) is 0 Å². The maximum atomic E-state index is 11.5. The van der Waals surface area contributed by atoms with Gasteiger partial charge < -0.3 is 14.5 Å². The summed E-state index contributed by atoms with van der Waals surface area (Å²) in [7, 11) is 1.34. The van der Waals surface area contributed by atoms with Crippen LogP contribution in [0.3, 0.4) is 0 Å². The van der Waals surface area contributed by atoms with Crippen LogP contribution < -0.4 is 5.32 Å². The van der Waals surface area contributed by atoms with Crippen LogP contribution in [0.25, 0.3) is 0 Å². The molecule has 4 nitrogen and oxygen atoms in total. The highest BCUT2D eigenvalue weighted by molar-refractivity contribution is 9.10. The summed E-state index contributed by atoms with van der Waals surface area (Å²) in [5.74, 6) is 0.432. The second-order valence-corrected chi connectivity index (χ2v) is 5.46. The summed E-state index contributed by atoms with van der Waals surface area (Å²) in [6.45, 7) is 2.95. The summed E-state index contributed by atoms with van der Waals surface area (Å²) in [6, 6.07) is 11.3. The van der Waals surface area contributed by atoms with Crippen molar-refractivity contribution in [3.05, 3.63) is 58.0 Å². The Morgan fingerprint density at radius 3 is 2.76 bits per heavy atom. The number of ether oxygens (including phenoxy) is 1. The summed E-state index contributed by atoms with van der Waals surface area (Å²) in [5, 5.41) is 3.44. The van der Waals surface area contributed by atoms with Crippen LogP contribution in [0.5, 0.6) is 0 Å². The molecule has 112 valence electrons. The average molecular weight is 352 g/mol. The maximum absolute atomic E-state index is 11.5. The lowest BCUT2D eigenvalue weighted by atomic mass is 10.0. The van der Waals surface area contributed by atoms with E-state index in [0.717, 1.165) is 23.0 Å². The van der Waals surface area contributed by atoms with Gasteiger partial charge in [0.05, 0.1) is 13.2 Å². The van der Waals surface area contributed by atoms with E-state index in [1.165, 1.54) is 7.11 Å². The lowest BCUT2D eigenvalue weighted by Gasteiger charge is -2.18. The first-order chi connectivity index (χ1) is 10.2. The third-order valence-electron chi connectivity index (χ3n) is 3.11. The summed E-state index contributed by atoms with van der Waals surface area (Å²) in [4.78, 5) is 11.5. The number of rotatable bonds is 6. The molecule has 1 unspecified atom stereocenters. The van der Waals surface area contributed by atoms with Crippen molar-refractivity contribution in [3.8, 4) is 0 Å². The molecule has 0 bridgehead atoms. The predicted octanol–water partition coefficient (Wildman–Crippen LogP) is 3.92.